The normalized spacial score (nSPS) is 26.2. The lowest BCUT2D eigenvalue weighted by Crippen LogP contribution is -2.36. The van der Waals surface area contributed by atoms with E-state index in [-0.39, 0.29) is 12.7 Å². The zero-order chi connectivity index (χ0) is 24.1. The molecule has 4 heterocycles. The molecule has 0 bridgehead atoms. The molecular weight excluding hydrogens is 470 g/mol. The number of rotatable bonds is 4. The second-order valence-corrected chi connectivity index (χ2v) is 9.57. The van der Waals surface area contributed by atoms with Gasteiger partial charge in [-0.1, -0.05) is 23.7 Å². The molecule has 0 saturated carbocycles. The van der Waals surface area contributed by atoms with Crippen molar-refractivity contribution in [3.63, 3.8) is 0 Å². The van der Waals surface area contributed by atoms with Gasteiger partial charge in [0.05, 0.1) is 37.0 Å². The Bertz CT molecular complexity index is 1300. The van der Waals surface area contributed by atoms with Crippen molar-refractivity contribution in [2.24, 2.45) is 7.05 Å². The smallest absolute Gasteiger partial charge is 0.213 e. The Labute approximate surface area is 208 Å². The number of nitrogens with zero attached hydrogens (tertiary/aromatic N) is 3. The highest BCUT2D eigenvalue weighted by molar-refractivity contribution is 6.34. The monoisotopic (exact) mass is 495 g/mol. The van der Waals surface area contributed by atoms with E-state index in [1.807, 2.05) is 23.7 Å². The van der Waals surface area contributed by atoms with E-state index < -0.39 is 18.3 Å². The minimum atomic E-state index is -0.660. The zero-order valence-corrected chi connectivity index (χ0v) is 20.1. The lowest BCUT2D eigenvalue weighted by Gasteiger charge is -2.29. The van der Waals surface area contributed by atoms with E-state index in [2.05, 4.69) is 35.2 Å². The van der Waals surface area contributed by atoms with E-state index >= 15 is 0 Å². The largest absolute Gasteiger partial charge is 0.469 e. The van der Waals surface area contributed by atoms with Gasteiger partial charge >= 0.3 is 0 Å². The number of benzene rings is 2. The molecule has 9 heteroatoms. The summed E-state index contributed by atoms with van der Waals surface area (Å²) in [5.41, 5.74) is 4.22. The maximum Gasteiger partial charge on any atom is 0.213 e. The van der Waals surface area contributed by atoms with E-state index in [0.717, 1.165) is 54.0 Å². The van der Waals surface area contributed by atoms with Gasteiger partial charge in [0, 0.05) is 36.8 Å². The van der Waals surface area contributed by atoms with Gasteiger partial charge < -0.3 is 33.5 Å². The van der Waals surface area contributed by atoms with Crippen LogP contribution in [0.15, 0.2) is 36.4 Å². The number of anilines is 1. The second kappa shape index (κ2) is 9.01. The van der Waals surface area contributed by atoms with Crippen LogP contribution < -0.4 is 9.64 Å². The summed E-state index contributed by atoms with van der Waals surface area (Å²) in [6.07, 6.45) is -1.83. The number of aliphatic hydroxyl groups excluding tert-OH is 1. The standard InChI is InChI=1S/C26H26ClN3O5/c1-29-21-11-20(27)17(15-2-4-16(5-3-15)30-6-8-32-9-7-30)10-18(21)19(12-28)26(29)35-23-14-34-24-22(31)13-33-25(23)24/h2-5,10-11,22-25,31H,6-9,13-14H2,1H3/t22-,23-,24-,25-/m1/s1. The van der Waals surface area contributed by atoms with Gasteiger partial charge in [-0.3, -0.25) is 0 Å². The zero-order valence-electron chi connectivity index (χ0n) is 19.3. The lowest BCUT2D eigenvalue weighted by atomic mass is 10.0. The van der Waals surface area contributed by atoms with Crippen LogP contribution >= 0.6 is 11.6 Å². The van der Waals surface area contributed by atoms with Crippen molar-refractivity contribution in [1.29, 1.82) is 5.26 Å². The second-order valence-electron chi connectivity index (χ2n) is 9.17. The molecule has 8 nitrogen and oxygen atoms in total. The minimum Gasteiger partial charge on any atom is -0.469 e. The Morgan fingerprint density at radius 1 is 1.09 bits per heavy atom. The number of aryl methyl sites for hydroxylation is 1. The van der Waals surface area contributed by atoms with Crippen molar-refractivity contribution in [2.75, 3.05) is 44.4 Å². The van der Waals surface area contributed by atoms with Gasteiger partial charge in [0.1, 0.15) is 29.9 Å². The van der Waals surface area contributed by atoms with Crippen LogP contribution in [0.5, 0.6) is 5.88 Å². The Hall–Kier alpha value is -2.80. The molecule has 182 valence electrons. The third-order valence-electron chi connectivity index (χ3n) is 7.15. The van der Waals surface area contributed by atoms with Crippen LogP contribution in [0.1, 0.15) is 5.56 Å². The molecule has 0 amide bonds. The van der Waals surface area contributed by atoms with Crippen molar-refractivity contribution >= 4 is 28.2 Å². The predicted molar refractivity (Wildman–Crippen MR) is 131 cm³/mol. The molecule has 35 heavy (non-hydrogen) atoms. The van der Waals surface area contributed by atoms with E-state index in [1.54, 1.807) is 0 Å². The molecule has 1 aromatic heterocycles. The summed E-state index contributed by atoms with van der Waals surface area (Å²) < 4.78 is 24.9. The van der Waals surface area contributed by atoms with Crippen LogP contribution in [-0.4, -0.2) is 73.6 Å². The summed E-state index contributed by atoms with van der Waals surface area (Å²) in [4.78, 5) is 2.30. The first-order valence-electron chi connectivity index (χ1n) is 11.8. The van der Waals surface area contributed by atoms with Crippen molar-refractivity contribution in [3.8, 4) is 23.1 Å². The molecule has 3 saturated heterocycles. The summed E-state index contributed by atoms with van der Waals surface area (Å²) in [6, 6.07) is 14.5. The van der Waals surface area contributed by atoms with Gasteiger partial charge in [-0.25, -0.2) is 0 Å². The highest BCUT2D eigenvalue weighted by atomic mass is 35.5. The maximum atomic E-state index is 10.1. The summed E-state index contributed by atoms with van der Waals surface area (Å²) in [6.45, 7) is 3.74. The SMILES string of the molecule is Cn1c(O[C@@H]2CO[C@H]3[C@@H]2OC[C@H]3O)c(C#N)c2cc(-c3ccc(N4CCOCC4)cc3)c(Cl)cc21. The van der Waals surface area contributed by atoms with E-state index in [1.165, 1.54) is 0 Å². The van der Waals surface area contributed by atoms with E-state index in [9.17, 15) is 10.4 Å². The van der Waals surface area contributed by atoms with Gasteiger partial charge in [0.25, 0.3) is 0 Å². The maximum absolute atomic E-state index is 10.1. The minimum absolute atomic E-state index is 0.221. The first-order valence-corrected chi connectivity index (χ1v) is 12.2. The van der Waals surface area contributed by atoms with Crippen molar-refractivity contribution in [2.45, 2.75) is 24.4 Å². The van der Waals surface area contributed by atoms with Crippen LogP contribution in [-0.2, 0) is 21.3 Å². The van der Waals surface area contributed by atoms with E-state index in [4.69, 9.17) is 30.5 Å². The quantitative estimate of drug-likeness (QED) is 0.595. The van der Waals surface area contributed by atoms with Gasteiger partial charge in [-0.15, -0.1) is 0 Å². The Kier molecular flexibility index (Phi) is 5.83. The average Bonchev–Trinajstić information content (AvgIpc) is 3.54. The van der Waals surface area contributed by atoms with Gasteiger partial charge in [-0.2, -0.15) is 5.26 Å². The Morgan fingerprint density at radius 3 is 2.57 bits per heavy atom. The van der Waals surface area contributed by atoms with Crippen LogP contribution in [0.25, 0.3) is 22.0 Å². The number of aliphatic hydroxyl groups is 1. The van der Waals surface area contributed by atoms with Crippen LogP contribution in [0.3, 0.4) is 0 Å². The third-order valence-corrected chi connectivity index (χ3v) is 7.46. The molecule has 0 unspecified atom stereocenters. The van der Waals surface area contributed by atoms with Crippen molar-refractivity contribution in [3.05, 3.63) is 47.0 Å². The summed E-state index contributed by atoms with van der Waals surface area (Å²) in [5.74, 6) is 0.442. The fourth-order valence-corrected chi connectivity index (χ4v) is 5.53. The number of morpholine rings is 1. The first-order chi connectivity index (χ1) is 17.0. The fourth-order valence-electron chi connectivity index (χ4n) is 5.26. The lowest BCUT2D eigenvalue weighted by molar-refractivity contribution is 0.00726. The van der Waals surface area contributed by atoms with Gasteiger partial charge in [0.15, 0.2) is 6.10 Å². The van der Waals surface area contributed by atoms with Crippen molar-refractivity contribution < 1.29 is 24.1 Å². The number of nitriles is 1. The van der Waals surface area contributed by atoms with Crippen molar-refractivity contribution in [1.82, 2.24) is 4.57 Å². The number of aromatic nitrogens is 1. The fraction of sp³-hybridized carbons (Fsp3) is 0.423. The predicted octanol–water partition coefficient (Wildman–Crippen LogP) is 3.11. The Balaban J connectivity index is 1.34. The van der Waals surface area contributed by atoms with E-state index in [0.29, 0.717) is 23.1 Å². The third kappa shape index (κ3) is 3.84. The highest BCUT2D eigenvalue weighted by Crippen LogP contribution is 2.40. The highest BCUT2D eigenvalue weighted by Gasteiger charge is 2.48. The molecular formula is C26H26ClN3O5. The Morgan fingerprint density at radius 2 is 1.83 bits per heavy atom. The van der Waals surface area contributed by atoms with Crippen LogP contribution in [0.2, 0.25) is 5.02 Å². The summed E-state index contributed by atoms with van der Waals surface area (Å²) in [5, 5.41) is 21.4. The number of fused-ring (bicyclic) bond motifs is 2. The van der Waals surface area contributed by atoms with Gasteiger partial charge in [-0.05, 0) is 29.8 Å². The van der Waals surface area contributed by atoms with Crippen LogP contribution in [0.4, 0.5) is 5.69 Å². The van der Waals surface area contributed by atoms with Gasteiger partial charge in [0.2, 0.25) is 5.88 Å². The topological polar surface area (TPSA) is 89.1 Å². The summed E-state index contributed by atoms with van der Waals surface area (Å²) in [7, 11) is 1.85. The molecule has 0 aliphatic carbocycles. The number of halogens is 1. The molecule has 0 radical (unpaired) electrons. The molecule has 1 N–H and O–H groups in total. The number of ether oxygens (including phenoxy) is 4. The molecule has 3 fully saturated rings. The number of hydrogen-bond acceptors (Lipinski definition) is 7. The molecule has 3 aliphatic rings. The number of hydrogen-bond donors (Lipinski definition) is 1. The molecule has 0 spiro atoms. The van der Waals surface area contributed by atoms with Crippen LogP contribution in [0, 0.1) is 11.3 Å². The average molecular weight is 496 g/mol. The summed E-state index contributed by atoms with van der Waals surface area (Å²) >= 11 is 6.73. The molecule has 6 rings (SSSR count). The molecule has 4 atom stereocenters. The molecule has 3 aromatic rings. The molecule has 3 aliphatic heterocycles. The molecule has 2 aromatic carbocycles. The first kappa shape index (κ1) is 22.7.